The highest BCUT2D eigenvalue weighted by atomic mass is 79.9. The zero-order valence-corrected chi connectivity index (χ0v) is 13.3. The molecule has 2 rings (SSSR count). The van der Waals surface area contributed by atoms with Crippen LogP contribution in [0.1, 0.15) is 18.9 Å². The van der Waals surface area contributed by atoms with E-state index in [1.54, 1.807) is 0 Å². The summed E-state index contributed by atoms with van der Waals surface area (Å²) >= 11 is 9.23. The molecule has 0 aliphatic rings. The minimum atomic E-state index is 0.115. The van der Waals surface area contributed by atoms with Crippen LogP contribution in [0, 0.1) is 0 Å². The van der Waals surface area contributed by atoms with Crippen molar-refractivity contribution in [1.29, 1.82) is 0 Å². The SMILES string of the molecule is CCCNc1nc(Cl)nc(OCc2ccc(Br)cc2)n1. The molecule has 7 heteroatoms. The maximum absolute atomic E-state index is 5.84. The Bertz CT molecular complexity index is 565. The van der Waals surface area contributed by atoms with Gasteiger partial charge in [-0.3, -0.25) is 0 Å². The van der Waals surface area contributed by atoms with E-state index in [-0.39, 0.29) is 11.3 Å². The van der Waals surface area contributed by atoms with Crippen LogP contribution in [0.5, 0.6) is 6.01 Å². The van der Waals surface area contributed by atoms with Gasteiger partial charge < -0.3 is 10.1 Å². The molecule has 2 aromatic rings. The topological polar surface area (TPSA) is 59.9 Å². The lowest BCUT2D eigenvalue weighted by molar-refractivity contribution is 0.280. The fourth-order valence-corrected chi connectivity index (χ4v) is 1.86. The van der Waals surface area contributed by atoms with Crippen molar-refractivity contribution >= 4 is 33.5 Å². The van der Waals surface area contributed by atoms with Gasteiger partial charge in [0.1, 0.15) is 6.61 Å². The van der Waals surface area contributed by atoms with Crippen LogP contribution in [0.3, 0.4) is 0 Å². The zero-order chi connectivity index (χ0) is 14.4. The minimum absolute atomic E-state index is 0.115. The monoisotopic (exact) mass is 356 g/mol. The Morgan fingerprint density at radius 1 is 1.20 bits per heavy atom. The molecule has 0 saturated carbocycles. The Labute approximate surface area is 130 Å². The maximum Gasteiger partial charge on any atom is 0.322 e. The molecule has 1 heterocycles. The highest BCUT2D eigenvalue weighted by Crippen LogP contribution is 2.14. The van der Waals surface area contributed by atoms with Gasteiger partial charge in [0.05, 0.1) is 0 Å². The summed E-state index contributed by atoms with van der Waals surface area (Å²) in [6.07, 6.45) is 0.971. The number of benzene rings is 1. The second kappa shape index (κ2) is 7.40. The molecule has 0 aliphatic heterocycles. The maximum atomic E-state index is 5.84. The number of anilines is 1. The van der Waals surface area contributed by atoms with Crippen molar-refractivity contribution in [3.63, 3.8) is 0 Å². The standard InChI is InChI=1S/C13H14BrClN4O/c1-2-7-16-12-17-11(15)18-13(19-12)20-8-9-3-5-10(14)6-4-9/h3-6H,2,7-8H2,1H3,(H,16,17,18,19). The summed E-state index contributed by atoms with van der Waals surface area (Å²) in [5.41, 5.74) is 1.02. The van der Waals surface area contributed by atoms with Crippen LogP contribution in [0.2, 0.25) is 5.28 Å². The molecule has 0 radical (unpaired) electrons. The number of rotatable bonds is 6. The molecule has 5 nitrogen and oxygen atoms in total. The van der Waals surface area contributed by atoms with Gasteiger partial charge in [-0.1, -0.05) is 35.0 Å². The number of nitrogens with zero attached hydrogens (tertiary/aromatic N) is 3. The van der Waals surface area contributed by atoms with Crippen LogP contribution in [-0.2, 0) is 6.61 Å². The minimum Gasteiger partial charge on any atom is -0.458 e. The number of ether oxygens (including phenoxy) is 1. The van der Waals surface area contributed by atoms with E-state index in [4.69, 9.17) is 16.3 Å². The Balaban J connectivity index is 2.01. The van der Waals surface area contributed by atoms with Crippen molar-refractivity contribution in [3.05, 3.63) is 39.6 Å². The predicted octanol–water partition coefficient (Wildman–Crippen LogP) is 3.69. The Hall–Kier alpha value is -1.40. The molecule has 0 atom stereocenters. The van der Waals surface area contributed by atoms with Crippen LogP contribution in [-0.4, -0.2) is 21.5 Å². The van der Waals surface area contributed by atoms with Gasteiger partial charge in [0.15, 0.2) is 0 Å². The van der Waals surface area contributed by atoms with E-state index in [2.05, 4.69) is 43.1 Å². The highest BCUT2D eigenvalue weighted by Gasteiger charge is 2.06. The van der Waals surface area contributed by atoms with E-state index in [9.17, 15) is 0 Å². The van der Waals surface area contributed by atoms with Crippen molar-refractivity contribution in [2.45, 2.75) is 20.0 Å². The molecule has 20 heavy (non-hydrogen) atoms. The average molecular weight is 358 g/mol. The fourth-order valence-electron chi connectivity index (χ4n) is 1.44. The van der Waals surface area contributed by atoms with Gasteiger partial charge in [-0.15, -0.1) is 0 Å². The number of halogens is 2. The third-order valence-electron chi connectivity index (χ3n) is 2.40. The zero-order valence-electron chi connectivity index (χ0n) is 10.9. The lowest BCUT2D eigenvalue weighted by Gasteiger charge is -2.07. The lowest BCUT2D eigenvalue weighted by Crippen LogP contribution is -2.07. The van der Waals surface area contributed by atoms with Gasteiger partial charge in [-0.2, -0.15) is 15.0 Å². The summed E-state index contributed by atoms with van der Waals surface area (Å²) in [7, 11) is 0. The molecule has 1 aromatic carbocycles. The van der Waals surface area contributed by atoms with E-state index in [1.807, 2.05) is 24.3 Å². The van der Waals surface area contributed by atoms with E-state index < -0.39 is 0 Å². The smallest absolute Gasteiger partial charge is 0.322 e. The quantitative estimate of drug-likeness (QED) is 0.854. The largest absolute Gasteiger partial charge is 0.458 e. The molecule has 106 valence electrons. The number of nitrogens with one attached hydrogen (secondary N) is 1. The third-order valence-corrected chi connectivity index (χ3v) is 3.10. The molecule has 0 unspecified atom stereocenters. The molecule has 0 aliphatic carbocycles. The molecule has 1 N–H and O–H groups in total. The normalized spacial score (nSPS) is 10.3. The van der Waals surface area contributed by atoms with Crippen molar-refractivity contribution in [1.82, 2.24) is 15.0 Å². The van der Waals surface area contributed by atoms with E-state index >= 15 is 0 Å². The number of hydrogen-bond donors (Lipinski definition) is 1. The second-order valence-electron chi connectivity index (χ2n) is 4.05. The molecular weight excluding hydrogens is 344 g/mol. The van der Waals surface area contributed by atoms with Gasteiger partial charge >= 0.3 is 6.01 Å². The first kappa shape index (κ1) is 15.0. The van der Waals surface area contributed by atoms with Gasteiger partial charge in [0.2, 0.25) is 11.2 Å². The first-order valence-corrected chi connectivity index (χ1v) is 7.37. The first-order valence-electron chi connectivity index (χ1n) is 6.20. The summed E-state index contributed by atoms with van der Waals surface area (Å²) < 4.78 is 6.56. The molecule has 0 amide bonds. The molecular formula is C13H14BrClN4O. The highest BCUT2D eigenvalue weighted by molar-refractivity contribution is 9.10. The first-order chi connectivity index (χ1) is 9.67. The van der Waals surface area contributed by atoms with Gasteiger partial charge in [-0.25, -0.2) is 0 Å². The number of aromatic nitrogens is 3. The number of hydrogen-bond acceptors (Lipinski definition) is 5. The summed E-state index contributed by atoms with van der Waals surface area (Å²) in [6, 6.07) is 8.04. The second-order valence-corrected chi connectivity index (χ2v) is 5.31. The predicted molar refractivity (Wildman–Crippen MR) is 82.1 cm³/mol. The summed E-state index contributed by atoms with van der Waals surface area (Å²) in [5.74, 6) is 0.428. The van der Waals surface area contributed by atoms with E-state index in [0.717, 1.165) is 23.0 Å². The van der Waals surface area contributed by atoms with Crippen LogP contribution in [0.4, 0.5) is 5.95 Å². The molecule has 0 spiro atoms. The Morgan fingerprint density at radius 2 is 1.95 bits per heavy atom. The molecule has 0 bridgehead atoms. The van der Waals surface area contributed by atoms with E-state index in [0.29, 0.717) is 12.6 Å². The Kier molecular flexibility index (Phi) is 5.55. The van der Waals surface area contributed by atoms with Crippen molar-refractivity contribution in [3.8, 4) is 6.01 Å². The van der Waals surface area contributed by atoms with E-state index in [1.165, 1.54) is 0 Å². The van der Waals surface area contributed by atoms with Crippen molar-refractivity contribution in [2.75, 3.05) is 11.9 Å². The molecule has 1 aromatic heterocycles. The van der Waals surface area contributed by atoms with Crippen LogP contribution >= 0.6 is 27.5 Å². The molecule has 0 saturated heterocycles. The van der Waals surface area contributed by atoms with Gasteiger partial charge in [0, 0.05) is 11.0 Å². The van der Waals surface area contributed by atoms with Gasteiger partial charge in [0.25, 0.3) is 0 Å². The molecule has 0 fully saturated rings. The van der Waals surface area contributed by atoms with Crippen molar-refractivity contribution in [2.24, 2.45) is 0 Å². The lowest BCUT2D eigenvalue weighted by atomic mass is 10.2. The van der Waals surface area contributed by atoms with Crippen LogP contribution in [0.15, 0.2) is 28.7 Å². The third kappa shape index (κ3) is 4.61. The fraction of sp³-hybridized carbons (Fsp3) is 0.308. The summed E-state index contributed by atoms with van der Waals surface area (Å²) in [6.45, 7) is 3.20. The summed E-state index contributed by atoms with van der Waals surface area (Å²) in [5, 5.41) is 3.16. The van der Waals surface area contributed by atoms with Crippen LogP contribution < -0.4 is 10.1 Å². The Morgan fingerprint density at radius 3 is 2.65 bits per heavy atom. The summed E-state index contributed by atoms with van der Waals surface area (Å²) in [4.78, 5) is 12.1. The van der Waals surface area contributed by atoms with Crippen molar-refractivity contribution < 1.29 is 4.74 Å². The average Bonchev–Trinajstić information content (AvgIpc) is 2.44. The van der Waals surface area contributed by atoms with Crippen LogP contribution in [0.25, 0.3) is 0 Å². The van der Waals surface area contributed by atoms with Gasteiger partial charge in [-0.05, 0) is 35.7 Å².